The number of Topliss-reactive ketones (excluding diaryl/α,β-unsaturated/α-hetero) is 1. The molecule has 1 aliphatic heterocycles. The van der Waals surface area contributed by atoms with Gasteiger partial charge < -0.3 is 0 Å². The number of amides is 1. The SMILES string of the molecule is CCN(Cc1ccccc1)CN1C(=O)C(=O)c2cc(C(C)C)ccc21. The molecule has 0 atom stereocenters. The van der Waals surface area contributed by atoms with Crippen LogP contribution in [0.1, 0.15) is 48.2 Å². The summed E-state index contributed by atoms with van der Waals surface area (Å²) in [5.41, 5.74) is 3.54. The molecule has 3 rings (SSSR count). The molecule has 0 aromatic heterocycles. The summed E-state index contributed by atoms with van der Waals surface area (Å²) in [4.78, 5) is 28.7. The van der Waals surface area contributed by atoms with Gasteiger partial charge in [-0.25, -0.2) is 0 Å². The zero-order valence-electron chi connectivity index (χ0n) is 15.0. The highest BCUT2D eigenvalue weighted by atomic mass is 16.2. The monoisotopic (exact) mass is 336 g/mol. The molecule has 1 aliphatic rings. The van der Waals surface area contributed by atoms with E-state index < -0.39 is 11.7 Å². The summed E-state index contributed by atoms with van der Waals surface area (Å²) in [6, 6.07) is 15.9. The van der Waals surface area contributed by atoms with E-state index in [0.29, 0.717) is 18.2 Å². The second kappa shape index (κ2) is 7.19. The van der Waals surface area contributed by atoms with Crippen LogP contribution in [0.15, 0.2) is 48.5 Å². The van der Waals surface area contributed by atoms with Crippen LogP contribution in [0.4, 0.5) is 5.69 Å². The zero-order chi connectivity index (χ0) is 18.0. The summed E-state index contributed by atoms with van der Waals surface area (Å²) >= 11 is 0. The molecule has 0 bridgehead atoms. The van der Waals surface area contributed by atoms with Gasteiger partial charge in [-0.2, -0.15) is 0 Å². The van der Waals surface area contributed by atoms with E-state index in [-0.39, 0.29) is 0 Å². The Morgan fingerprint density at radius 3 is 2.40 bits per heavy atom. The van der Waals surface area contributed by atoms with Crippen LogP contribution < -0.4 is 4.90 Å². The number of nitrogens with zero attached hydrogens (tertiary/aromatic N) is 2. The van der Waals surface area contributed by atoms with Crippen molar-refractivity contribution in [1.29, 1.82) is 0 Å². The van der Waals surface area contributed by atoms with Crippen molar-refractivity contribution in [3.05, 3.63) is 65.2 Å². The van der Waals surface area contributed by atoms with Crippen molar-refractivity contribution >= 4 is 17.4 Å². The predicted octanol–water partition coefficient (Wildman–Crippen LogP) is 3.82. The minimum Gasteiger partial charge on any atom is -0.291 e. The van der Waals surface area contributed by atoms with E-state index >= 15 is 0 Å². The molecule has 0 unspecified atom stereocenters. The van der Waals surface area contributed by atoms with Crippen molar-refractivity contribution in [1.82, 2.24) is 4.90 Å². The number of ketones is 1. The van der Waals surface area contributed by atoms with Crippen LogP contribution in [0.3, 0.4) is 0 Å². The number of hydrogen-bond acceptors (Lipinski definition) is 3. The van der Waals surface area contributed by atoms with E-state index in [9.17, 15) is 9.59 Å². The first-order valence-corrected chi connectivity index (χ1v) is 8.77. The van der Waals surface area contributed by atoms with Gasteiger partial charge in [-0.3, -0.25) is 19.4 Å². The van der Waals surface area contributed by atoms with Gasteiger partial charge in [0.05, 0.1) is 17.9 Å². The molecule has 0 fully saturated rings. The van der Waals surface area contributed by atoms with Gasteiger partial charge >= 0.3 is 5.91 Å². The van der Waals surface area contributed by atoms with Crippen LogP contribution in [0.5, 0.6) is 0 Å². The molecule has 1 heterocycles. The standard InChI is InChI=1S/C21H24N2O2/c1-4-22(13-16-8-6-5-7-9-16)14-23-19-11-10-17(15(2)3)12-18(19)20(24)21(23)25/h5-12,15H,4,13-14H2,1-3H3. The normalized spacial score (nSPS) is 13.9. The quantitative estimate of drug-likeness (QED) is 0.753. The van der Waals surface area contributed by atoms with Gasteiger partial charge in [0, 0.05) is 6.54 Å². The summed E-state index contributed by atoms with van der Waals surface area (Å²) < 4.78 is 0. The number of hydrogen-bond donors (Lipinski definition) is 0. The Morgan fingerprint density at radius 1 is 1.04 bits per heavy atom. The topological polar surface area (TPSA) is 40.6 Å². The maximum Gasteiger partial charge on any atom is 0.300 e. The van der Waals surface area contributed by atoms with Gasteiger partial charge in [-0.1, -0.05) is 57.2 Å². The van der Waals surface area contributed by atoms with E-state index in [1.165, 1.54) is 5.56 Å². The van der Waals surface area contributed by atoms with E-state index in [1.807, 2.05) is 36.4 Å². The summed E-state index contributed by atoms with van der Waals surface area (Å²) in [5, 5.41) is 0. The lowest BCUT2D eigenvalue weighted by Gasteiger charge is -2.27. The Morgan fingerprint density at radius 2 is 1.76 bits per heavy atom. The van der Waals surface area contributed by atoms with Crippen LogP contribution in [0.2, 0.25) is 0 Å². The maximum atomic E-state index is 12.5. The third-order valence-corrected chi connectivity index (χ3v) is 4.70. The molecule has 4 nitrogen and oxygen atoms in total. The van der Waals surface area contributed by atoms with Crippen LogP contribution in [-0.4, -0.2) is 29.8 Å². The number of carbonyl (C=O) groups is 2. The van der Waals surface area contributed by atoms with Crippen LogP contribution in [0, 0.1) is 0 Å². The zero-order valence-corrected chi connectivity index (χ0v) is 15.0. The van der Waals surface area contributed by atoms with Gasteiger partial charge in [-0.15, -0.1) is 0 Å². The molecule has 4 heteroatoms. The number of fused-ring (bicyclic) bond motifs is 1. The molecule has 130 valence electrons. The molecule has 2 aromatic carbocycles. The van der Waals surface area contributed by atoms with E-state index in [0.717, 1.165) is 24.3 Å². The average Bonchev–Trinajstić information content (AvgIpc) is 2.86. The average molecular weight is 336 g/mol. The van der Waals surface area contributed by atoms with Crippen molar-refractivity contribution in [3.63, 3.8) is 0 Å². The molecule has 0 saturated carbocycles. The molecular weight excluding hydrogens is 312 g/mol. The molecule has 0 N–H and O–H groups in total. The van der Waals surface area contributed by atoms with Gasteiger partial charge in [-0.05, 0) is 35.7 Å². The molecule has 25 heavy (non-hydrogen) atoms. The second-order valence-electron chi connectivity index (χ2n) is 6.77. The lowest BCUT2D eigenvalue weighted by atomic mass is 9.99. The summed E-state index contributed by atoms with van der Waals surface area (Å²) in [6.45, 7) is 8.19. The van der Waals surface area contributed by atoms with Gasteiger partial charge in [0.25, 0.3) is 5.78 Å². The Hall–Kier alpha value is -2.46. The first kappa shape index (κ1) is 17.4. The van der Waals surface area contributed by atoms with Crippen LogP contribution in [-0.2, 0) is 11.3 Å². The molecule has 0 radical (unpaired) electrons. The summed E-state index contributed by atoms with van der Waals surface area (Å²) in [5.74, 6) is -0.497. The lowest BCUT2D eigenvalue weighted by molar-refractivity contribution is -0.114. The number of carbonyl (C=O) groups excluding carboxylic acids is 2. The Kier molecular flexibility index (Phi) is 5.00. The highest BCUT2D eigenvalue weighted by molar-refractivity contribution is 6.52. The van der Waals surface area contributed by atoms with Crippen molar-refractivity contribution < 1.29 is 9.59 Å². The molecular formula is C21H24N2O2. The van der Waals surface area contributed by atoms with E-state index in [2.05, 4.69) is 37.8 Å². The fraction of sp³-hybridized carbons (Fsp3) is 0.333. The largest absolute Gasteiger partial charge is 0.300 e. The minimum absolute atomic E-state index is 0.326. The first-order chi connectivity index (χ1) is 12.0. The van der Waals surface area contributed by atoms with Crippen LogP contribution >= 0.6 is 0 Å². The molecule has 2 aromatic rings. The van der Waals surface area contributed by atoms with Gasteiger partial charge in [0.1, 0.15) is 0 Å². The van der Waals surface area contributed by atoms with Gasteiger partial charge in [0.2, 0.25) is 0 Å². The Bertz CT molecular complexity index is 784. The Balaban J connectivity index is 1.83. The fourth-order valence-electron chi connectivity index (χ4n) is 3.12. The molecule has 0 spiro atoms. The Labute approximate surface area is 149 Å². The summed E-state index contributed by atoms with van der Waals surface area (Å²) in [6.07, 6.45) is 0. The lowest BCUT2D eigenvalue weighted by Crippen LogP contribution is -2.40. The third kappa shape index (κ3) is 3.49. The highest BCUT2D eigenvalue weighted by Crippen LogP contribution is 2.32. The number of benzene rings is 2. The minimum atomic E-state index is -0.428. The van der Waals surface area contributed by atoms with Crippen molar-refractivity contribution in [3.8, 4) is 0 Å². The van der Waals surface area contributed by atoms with Crippen LogP contribution in [0.25, 0.3) is 0 Å². The number of rotatable bonds is 6. The summed E-state index contributed by atoms with van der Waals surface area (Å²) in [7, 11) is 0. The smallest absolute Gasteiger partial charge is 0.291 e. The molecule has 0 aliphatic carbocycles. The molecule has 0 saturated heterocycles. The van der Waals surface area contributed by atoms with Crippen molar-refractivity contribution in [2.75, 3.05) is 18.1 Å². The maximum absolute atomic E-state index is 12.5. The highest BCUT2D eigenvalue weighted by Gasteiger charge is 2.36. The van der Waals surface area contributed by atoms with Crippen molar-refractivity contribution in [2.45, 2.75) is 33.2 Å². The van der Waals surface area contributed by atoms with E-state index in [4.69, 9.17) is 0 Å². The van der Waals surface area contributed by atoms with Gasteiger partial charge in [0.15, 0.2) is 0 Å². The first-order valence-electron chi connectivity index (χ1n) is 8.77. The second-order valence-corrected chi connectivity index (χ2v) is 6.77. The fourth-order valence-corrected chi connectivity index (χ4v) is 3.12. The third-order valence-electron chi connectivity index (χ3n) is 4.70. The van der Waals surface area contributed by atoms with Crippen molar-refractivity contribution in [2.24, 2.45) is 0 Å². The van der Waals surface area contributed by atoms with E-state index in [1.54, 1.807) is 4.90 Å². The predicted molar refractivity (Wildman–Crippen MR) is 99.7 cm³/mol. The number of anilines is 1. The molecule has 1 amide bonds.